The maximum atomic E-state index is 10.4. The molecule has 1 aliphatic carbocycles. The molecular weight excluding hydrogens is 386 g/mol. The predicted molar refractivity (Wildman–Crippen MR) is 123 cm³/mol. The first-order valence-electron chi connectivity index (χ1n) is 11.0. The molecule has 0 bridgehead atoms. The lowest BCUT2D eigenvalue weighted by molar-refractivity contribution is -0.929. The molecule has 0 unspecified atom stereocenters. The summed E-state index contributed by atoms with van der Waals surface area (Å²) in [6, 6.07) is 23.5. The van der Waals surface area contributed by atoms with Crippen LogP contribution >= 0.6 is 0 Å². The maximum absolute atomic E-state index is 10.4. The minimum Gasteiger partial charge on any atom is -0.504 e. The molecule has 3 aromatic carbocycles. The second kappa shape index (κ2) is 8.44. The van der Waals surface area contributed by atoms with E-state index in [1.165, 1.54) is 22.3 Å². The van der Waals surface area contributed by atoms with E-state index in [1.807, 2.05) is 19.1 Å². The van der Waals surface area contributed by atoms with Crippen LogP contribution in [0.15, 0.2) is 71.8 Å². The third-order valence-corrected chi connectivity index (χ3v) is 6.31. The molecule has 158 valence electrons. The van der Waals surface area contributed by atoms with Gasteiger partial charge in [-0.3, -0.25) is 5.01 Å². The minimum absolute atomic E-state index is 0.150. The van der Waals surface area contributed by atoms with Crippen LogP contribution in [-0.4, -0.2) is 49.1 Å². The second-order valence-electron chi connectivity index (χ2n) is 8.09. The average molecular weight is 415 g/mol. The van der Waals surface area contributed by atoms with Crippen molar-refractivity contribution in [2.75, 3.05) is 32.8 Å². The van der Waals surface area contributed by atoms with Gasteiger partial charge in [0.05, 0.1) is 39.0 Å². The van der Waals surface area contributed by atoms with Crippen LogP contribution in [-0.2, 0) is 0 Å². The number of fused-ring (bicyclic) bond motifs is 3. The van der Waals surface area contributed by atoms with Gasteiger partial charge in [0.1, 0.15) is 6.04 Å². The fourth-order valence-corrected chi connectivity index (χ4v) is 4.84. The summed E-state index contributed by atoms with van der Waals surface area (Å²) in [4.78, 5) is 1.59. The van der Waals surface area contributed by atoms with Gasteiger partial charge >= 0.3 is 0 Å². The largest absolute Gasteiger partial charge is 0.504 e. The van der Waals surface area contributed by atoms with E-state index in [1.54, 1.807) is 17.2 Å². The Morgan fingerprint density at radius 2 is 1.61 bits per heavy atom. The van der Waals surface area contributed by atoms with E-state index in [4.69, 9.17) is 4.74 Å². The number of ether oxygens (including phenoxy) is 1. The number of rotatable bonds is 5. The highest BCUT2D eigenvalue weighted by Gasteiger charge is 2.37. The molecule has 0 amide bonds. The quantitative estimate of drug-likeness (QED) is 0.631. The van der Waals surface area contributed by atoms with E-state index in [0.29, 0.717) is 24.0 Å². The Morgan fingerprint density at radius 3 is 2.26 bits per heavy atom. The van der Waals surface area contributed by atoms with Crippen molar-refractivity contribution < 1.29 is 14.7 Å². The van der Waals surface area contributed by atoms with Gasteiger partial charge in [-0.1, -0.05) is 54.6 Å². The standard InChI is InChI=1S/C26H27N3O2/c1-2-31-24-13-7-8-19(26(24)30)18-27-29-16-14-28(15-17-29)25-22-11-5-3-9-20(22)21-10-4-6-12-23(21)25/h3-13,18,25,30H,2,14-17H2,1H3/p+1/b27-18+. The molecule has 0 saturated carbocycles. The number of hydrogen-bond acceptors (Lipinski definition) is 4. The van der Waals surface area contributed by atoms with Crippen LogP contribution in [0.5, 0.6) is 11.5 Å². The summed E-state index contributed by atoms with van der Waals surface area (Å²) in [5.74, 6) is 0.649. The zero-order chi connectivity index (χ0) is 21.2. The fraction of sp³-hybridized carbons (Fsp3) is 0.269. The highest BCUT2D eigenvalue weighted by molar-refractivity contribution is 5.84. The summed E-state index contributed by atoms with van der Waals surface area (Å²) >= 11 is 0. The first-order valence-corrected chi connectivity index (χ1v) is 11.0. The minimum atomic E-state index is 0.150. The van der Waals surface area contributed by atoms with Gasteiger partial charge in [0.15, 0.2) is 11.5 Å². The summed E-state index contributed by atoms with van der Waals surface area (Å²) in [5.41, 5.74) is 6.31. The van der Waals surface area contributed by atoms with E-state index in [0.717, 1.165) is 26.2 Å². The SMILES string of the molecule is CCOc1cccc(/C=N/N2CC[NH+](C3c4ccccc4-c4ccccc43)CC2)c1O. The smallest absolute Gasteiger partial charge is 0.166 e. The van der Waals surface area contributed by atoms with E-state index in [-0.39, 0.29) is 5.75 Å². The van der Waals surface area contributed by atoms with Crippen LogP contribution in [0.3, 0.4) is 0 Å². The Labute approximate surface area is 183 Å². The number of hydrazone groups is 1. The number of phenols is 1. The molecule has 5 heteroatoms. The second-order valence-corrected chi connectivity index (χ2v) is 8.09. The first kappa shape index (κ1) is 19.6. The molecule has 2 N–H and O–H groups in total. The Bertz CT molecular complexity index is 1060. The van der Waals surface area contributed by atoms with Crippen molar-refractivity contribution in [1.82, 2.24) is 5.01 Å². The van der Waals surface area contributed by atoms with Gasteiger partial charge in [0.2, 0.25) is 0 Å². The number of aromatic hydroxyl groups is 1. The molecule has 0 radical (unpaired) electrons. The molecule has 0 aromatic heterocycles. The average Bonchev–Trinajstić information content (AvgIpc) is 3.15. The van der Waals surface area contributed by atoms with Gasteiger partial charge in [-0.25, -0.2) is 0 Å². The third kappa shape index (κ3) is 3.66. The molecule has 1 fully saturated rings. The van der Waals surface area contributed by atoms with Crippen LogP contribution in [0.4, 0.5) is 0 Å². The van der Waals surface area contributed by atoms with Crippen molar-refractivity contribution in [3.8, 4) is 22.6 Å². The zero-order valence-electron chi connectivity index (χ0n) is 17.8. The molecule has 31 heavy (non-hydrogen) atoms. The van der Waals surface area contributed by atoms with Crippen molar-refractivity contribution in [2.45, 2.75) is 13.0 Å². The number of quaternary nitrogens is 1. The number of hydrogen-bond donors (Lipinski definition) is 2. The van der Waals surface area contributed by atoms with Crippen molar-refractivity contribution in [3.05, 3.63) is 83.4 Å². The van der Waals surface area contributed by atoms with Crippen LogP contribution in [0, 0.1) is 0 Å². The van der Waals surface area contributed by atoms with Gasteiger partial charge in [0, 0.05) is 16.7 Å². The first-order chi connectivity index (χ1) is 15.3. The lowest BCUT2D eigenvalue weighted by Gasteiger charge is -2.34. The van der Waals surface area contributed by atoms with Crippen LogP contribution in [0.1, 0.15) is 29.7 Å². The Balaban J connectivity index is 1.30. The molecule has 1 aliphatic heterocycles. The number of phenolic OH excluding ortho intramolecular Hbond substituents is 1. The normalized spacial score (nSPS) is 16.5. The van der Waals surface area contributed by atoms with Gasteiger partial charge in [-0.15, -0.1) is 0 Å². The number of para-hydroxylation sites is 1. The lowest BCUT2D eigenvalue weighted by Crippen LogP contribution is -3.14. The van der Waals surface area contributed by atoms with E-state index >= 15 is 0 Å². The van der Waals surface area contributed by atoms with Gasteiger partial charge in [0.25, 0.3) is 0 Å². The van der Waals surface area contributed by atoms with Crippen molar-refractivity contribution in [3.63, 3.8) is 0 Å². The molecule has 5 rings (SSSR count). The maximum Gasteiger partial charge on any atom is 0.166 e. The van der Waals surface area contributed by atoms with E-state index in [2.05, 4.69) is 58.6 Å². The summed E-state index contributed by atoms with van der Waals surface area (Å²) in [6.45, 7) is 6.25. The number of nitrogens with zero attached hydrogens (tertiary/aromatic N) is 2. The van der Waals surface area contributed by atoms with E-state index in [9.17, 15) is 5.11 Å². The van der Waals surface area contributed by atoms with Gasteiger partial charge in [-0.2, -0.15) is 5.10 Å². The summed E-state index contributed by atoms with van der Waals surface area (Å²) in [7, 11) is 0. The summed E-state index contributed by atoms with van der Waals surface area (Å²) in [5, 5.41) is 17.1. The zero-order valence-corrected chi connectivity index (χ0v) is 17.8. The molecule has 0 spiro atoms. The molecule has 1 saturated heterocycles. The highest BCUT2D eigenvalue weighted by Crippen LogP contribution is 2.41. The Morgan fingerprint density at radius 1 is 0.968 bits per heavy atom. The fourth-order valence-electron chi connectivity index (χ4n) is 4.84. The predicted octanol–water partition coefficient (Wildman–Crippen LogP) is 3.10. The van der Waals surface area contributed by atoms with Crippen molar-refractivity contribution >= 4 is 6.21 Å². The van der Waals surface area contributed by atoms with Crippen LogP contribution in [0.2, 0.25) is 0 Å². The monoisotopic (exact) mass is 414 g/mol. The number of benzene rings is 3. The number of piperazine rings is 1. The van der Waals surface area contributed by atoms with Crippen molar-refractivity contribution in [2.24, 2.45) is 5.10 Å². The summed E-state index contributed by atoms with van der Waals surface area (Å²) in [6.07, 6.45) is 1.74. The highest BCUT2D eigenvalue weighted by atomic mass is 16.5. The van der Waals surface area contributed by atoms with E-state index < -0.39 is 0 Å². The Hall–Kier alpha value is -3.31. The molecule has 1 heterocycles. The third-order valence-electron chi connectivity index (χ3n) is 6.31. The number of nitrogens with one attached hydrogen (secondary N) is 1. The summed E-state index contributed by atoms with van der Waals surface area (Å²) < 4.78 is 5.47. The van der Waals surface area contributed by atoms with Gasteiger partial charge in [-0.05, 0) is 30.2 Å². The van der Waals surface area contributed by atoms with Crippen LogP contribution in [0.25, 0.3) is 11.1 Å². The molecular formula is C26H28N3O2+. The molecule has 3 aromatic rings. The molecule has 2 aliphatic rings. The Kier molecular flexibility index (Phi) is 5.35. The topological polar surface area (TPSA) is 49.5 Å². The lowest BCUT2D eigenvalue weighted by atomic mass is 10.0. The van der Waals surface area contributed by atoms with Crippen LogP contribution < -0.4 is 9.64 Å². The van der Waals surface area contributed by atoms with Crippen molar-refractivity contribution in [1.29, 1.82) is 0 Å². The molecule has 0 atom stereocenters. The van der Waals surface area contributed by atoms with Gasteiger partial charge < -0.3 is 14.7 Å². The molecule has 5 nitrogen and oxygen atoms in total.